The van der Waals surface area contributed by atoms with Crippen LogP contribution in [0.15, 0.2) is 20.6 Å². The molecule has 5 nitrogen and oxygen atoms in total. The Balaban J connectivity index is 2.80. The largest absolute Gasteiger partial charge is 0.464 e. The number of hydrogen-bond acceptors (Lipinski definition) is 5. The number of aromatic nitrogens is 2. The van der Waals surface area contributed by atoms with Crippen molar-refractivity contribution in [3.63, 3.8) is 0 Å². The number of ether oxygens (including phenoxy) is 1. The van der Waals surface area contributed by atoms with Crippen molar-refractivity contribution in [2.24, 2.45) is 0 Å². The van der Waals surface area contributed by atoms with Crippen molar-refractivity contribution >= 4 is 33.7 Å². The monoisotopic (exact) mass is 334 g/mol. The molecule has 0 bridgehead atoms. The first kappa shape index (κ1) is 15.2. The second-order valence-electron chi connectivity index (χ2n) is 3.56. The molecule has 1 rings (SSSR count). The predicted octanol–water partition coefficient (Wildman–Crippen LogP) is 2.07. The number of hydrogen-bond donors (Lipinski definition) is 0. The zero-order valence-corrected chi connectivity index (χ0v) is 12.7. The van der Waals surface area contributed by atoms with Crippen molar-refractivity contribution in [3.05, 3.63) is 21.0 Å². The first-order chi connectivity index (χ1) is 8.60. The number of thioether (sulfide) groups is 1. The first-order valence-electron chi connectivity index (χ1n) is 5.55. The lowest BCUT2D eigenvalue weighted by atomic mass is 10.4. The lowest BCUT2D eigenvalue weighted by Gasteiger charge is -2.10. The van der Waals surface area contributed by atoms with Gasteiger partial charge in [-0.05, 0) is 28.6 Å². The Morgan fingerprint density at radius 3 is 2.94 bits per heavy atom. The van der Waals surface area contributed by atoms with Crippen molar-refractivity contribution in [1.82, 2.24) is 9.55 Å². The smallest absolute Gasteiger partial charge is 0.326 e. The molecule has 7 heteroatoms. The van der Waals surface area contributed by atoms with Crippen LogP contribution in [0.5, 0.6) is 0 Å². The Kier molecular flexibility index (Phi) is 6.42. The van der Waals surface area contributed by atoms with E-state index in [1.165, 1.54) is 22.5 Å². The highest BCUT2D eigenvalue weighted by Gasteiger charge is 2.12. The van der Waals surface area contributed by atoms with Crippen LogP contribution in [0.2, 0.25) is 0 Å². The van der Waals surface area contributed by atoms with Gasteiger partial charge in [0.1, 0.15) is 11.0 Å². The molecular formula is C11H15BrN2O3S. The number of nitrogens with zero attached hydrogens (tertiary/aromatic N) is 2. The fraction of sp³-hybridized carbons (Fsp3) is 0.545. The number of rotatable bonds is 6. The van der Waals surface area contributed by atoms with Gasteiger partial charge in [-0.15, -0.1) is 0 Å². The second-order valence-corrected chi connectivity index (χ2v) is 5.19. The van der Waals surface area contributed by atoms with Gasteiger partial charge in [-0.25, -0.2) is 4.98 Å². The summed E-state index contributed by atoms with van der Waals surface area (Å²) in [4.78, 5) is 27.5. The van der Waals surface area contributed by atoms with Crippen LogP contribution in [0.1, 0.15) is 19.8 Å². The summed E-state index contributed by atoms with van der Waals surface area (Å²) in [5.74, 6) is -0.416. The van der Waals surface area contributed by atoms with E-state index in [1.54, 1.807) is 6.26 Å². The summed E-state index contributed by atoms with van der Waals surface area (Å²) in [6.45, 7) is 2.30. The summed E-state index contributed by atoms with van der Waals surface area (Å²) in [7, 11) is 0. The minimum Gasteiger partial charge on any atom is -0.464 e. The van der Waals surface area contributed by atoms with Gasteiger partial charge in [-0.2, -0.15) is 0 Å². The van der Waals surface area contributed by atoms with Crippen molar-refractivity contribution in [3.8, 4) is 0 Å². The maximum Gasteiger partial charge on any atom is 0.326 e. The fourth-order valence-corrected chi connectivity index (χ4v) is 2.10. The normalized spacial score (nSPS) is 10.4. The molecule has 0 radical (unpaired) electrons. The van der Waals surface area contributed by atoms with Crippen molar-refractivity contribution in [2.45, 2.75) is 31.5 Å². The SMILES string of the molecule is CCCCOC(=O)Cn1c(SC)ncc(Br)c1=O. The van der Waals surface area contributed by atoms with E-state index in [2.05, 4.69) is 20.9 Å². The number of unbranched alkanes of at least 4 members (excludes halogenated alkanes) is 1. The van der Waals surface area contributed by atoms with E-state index < -0.39 is 5.97 Å². The van der Waals surface area contributed by atoms with E-state index in [1.807, 2.05) is 6.92 Å². The van der Waals surface area contributed by atoms with Gasteiger partial charge in [0.25, 0.3) is 5.56 Å². The Morgan fingerprint density at radius 2 is 2.33 bits per heavy atom. The predicted molar refractivity (Wildman–Crippen MR) is 73.8 cm³/mol. The molecule has 0 aromatic carbocycles. The fourth-order valence-electron chi connectivity index (χ4n) is 1.26. The maximum atomic E-state index is 11.9. The Labute approximate surface area is 118 Å². The molecule has 18 heavy (non-hydrogen) atoms. The van der Waals surface area contributed by atoms with Gasteiger partial charge in [-0.3, -0.25) is 14.2 Å². The average molecular weight is 335 g/mol. The van der Waals surface area contributed by atoms with Gasteiger partial charge < -0.3 is 4.74 Å². The summed E-state index contributed by atoms with van der Waals surface area (Å²) in [6, 6.07) is 0. The minimum absolute atomic E-state index is 0.106. The third-order valence-electron chi connectivity index (χ3n) is 2.20. The van der Waals surface area contributed by atoms with Gasteiger partial charge in [0.15, 0.2) is 5.16 Å². The highest BCUT2D eigenvalue weighted by Crippen LogP contribution is 2.11. The molecule has 0 saturated heterocycles. The number of carbonyl (C=O) groups is 1. The minimum atomic E-state index is -0.416. The average Bonchev–Trinajstić information content (AvgIpc) is 2.36. The highest BCUT2D eigenvalue weighted by molar-refractivity contribution is 9.10. The van der Waals surface area contributed by atoms with Crippen molar-refractivity contribution in [2.75, 3.05) is 12.9 Å². The Morgan fingerprint density at radius 1 is 1.61 bits per heavy atom. The molecule has 0 fully saturated rings. The van der Waals surface area contributed by atoms with Crippen LogP contribution in [-0.2, 0) is 16.1 Å². The molecule has 0 unspecified atom stereocenters. The van der Waals surface area contributed by atoms with Crippen molar-refractivity contribution < 1.29 is 9.53 Å². The van der Waals surface area contributed by atoms with E-state index in [9.17, 15) is 9.59 Å². The van der Waals surface area contributed by atoms with Gasteiger partial charge in [0.05, 0.1) is 6.61 Å². The maximum absolute atomic E-state index is 11.9. The first-order valence-corrected chi connectivity index (χ1v) is 7.56. The van der Waals surface area contributed by atoms with Gasteiger partial charge in [0.2, 0.25) is 0 Å². The molecule has 0 aliphatic heterocycles. The number of esters is 1. The number of halogens is 1. The molecule has 0 spiro atoms. The summed E-state index contributed by atoms with van der Waals surface area (Å²) in [5.41, 5.74) is -0.276. The molecular weight excluding hydrogens is 320 g/mol. The Hall–Kier alpha value is -0.820. The lowest BCUT2D eigenvalue weighted by Crippen LogP contribution is -2.28. The van der Waals surface area contributed by atoms with Crippen LogP contribution < -0.4 is 5.56 Å². The van der Waals surface area contributed by atoms with E-state index >= 15 is 0 Å². The molecule has 0 saturated carbocycles. The van der Waals surface area contributed by atoms with Crippen LogP contribution in [0.3, 0.4) is 0 Å². The van der Waals surface area contributed by atoms with Crippen LogP contribution in [-0.4, -0.2) is 28.4 Å². The van der Waals surface area contributed by atoms with E-state index in [-0.39, 0.29) is 12.1 Å². The lowest BCUT2D eigenvalue weighted by molar-refractivity contribution is -0.144. The van der Waals surface area contributed by atoms with E-state index in [0.29, 0.717) is 16.2 Å². The third kappa shape index (κ3) is 4.13. The summed E-state index contributed by atoms with van der Waals surface area (Å²) in [5, 5.41) is 0.496. The molecule has 1 aromatic heterocycles. The van der Waals surface area contributed by atoms with E-state index in [0.717, 1.165) is 12.8 Å². The highest BCUT2D eigenvalue weighted by atomic mass is 79.9. The summed E-state index contributed by atoms with van der Waals surface area (Å²) >= 11 is 4.42. The van der Waals surface area contributed by atoms with Gasteiger partial charge in [0, 0.05) is 6.20 Å². The molecule has 100 valence electrons. The van der Waals surface area contributed by atoms with Crippen LogP contribution in [0, 0.1) is 0 Å². The summed E-state index contributed by atoms with van der Waals surface area (Å²) in [6.07, 6.45) is 5.02. The molecule has 1 aromatic rings. The van der Waals surface area contributed by atoms with E-state index in [4.69, 9.17) is 4.74 Å². The molecule has 1 heterocycles. The molecule has 0 aliphatic carbocycles. The van der Waals surface area contributed by atoms with Crippen LogP contribution >= 0.6 is 27.7 Å². The topological polar surface area (TPSA) is 61.2 Å². The quantitative estimate of drug-likeness (QED) is 0.345. The molecule has 0 amide bonds. The third-order valence-corrected chi connectivity index (χ3v) is 3.43. The van der Waals surface area contributed by atoms with Gasteiger partial charge >= 0.3 is 5.97 Å². The molecule has 0 atom stereocenters. The van der Waals surface area contributed by atoms with Crippen molar-refractivity contribution in [1.29, 1.82) is 0 Å². The second kappa shape index (κ2) is 7.58. The zero-order chi connectivity index (χ0) is 13.5. The molecule has 0 aliphatic rings. The van der Waals surface area contributed by atoms with Crippen LogP contribution in [0.25, 0.3) is 0 Å². The number of carbonyl (C=O) groups excluding carboxylic acids is 1. The zero-order valence-electron chi connectivity index (χ0n) is 10.3. The Bertz CT molecular complexity index is 476. The van der Waals surface area contributed by atoms with Gasteiger partial charge in [-0.1, -0.05) is 25.1 Å². The molecule has 0 N–H and O–H groups in total. The summed E-state index contributed by atoms with van der Waals surface area (Å²) < 4.78 is 6.67. The van der Waals surface area contributed by atoms with Crippen LogP contribution in [0.4, 0.5) is 0 Å². The standard InChI is InChI=1S/C11H15BrN2O3S/c1-3-4-5-17-9(15)7-14-10(16)8(12)6-13-11(14)18-2/h6H,3-5,7H2,1-2H3.